The highest BCUT2D eigenvalue weighted by molar-refractivity contribution is 7.17. The van der Waals surface area contributed by atoms with Gasteiger partial charge in [0.15, 0.2) is 5.58 Å². The number of aryl methyl sites for hydroxylation is 2. The van der Waals surface area contributed by atoms with Gasteiger partial charge in [0.05, 0.1) is 22.8 Å². The van der Waals surface area contributed by atoms with Crippen LogP contribution in [0.3, 0.4) is 0 Å². The molecule has 0 atom stereocenters. The molecule has 32 heavy (non-hydrogen) atoms. The van der Waals surface area contributed by atoms with Gasteiger partial charge in [0.2, 0.25) is 0 Å². The van der Waals surface area contributed by atoms with Crippen LogP contribution in [0.2, 0.25) is 0 Å². The lowest BCUT2D eigenvalue weighted by Crippen LogP contribution is -2.46. The average Bonchev–Trinajstić information content (AvgIpc) is 3.34. The van der Waals surface area contributed by atoms with Gasteiger partial charge in [-0.3, -0.25) is 9.47 Å². The van der Waals surface area contributed by atoms with Crippen molar-refractivity contribution in [2.75, 3.05) is 37.6 Å². The van der Waals surface area contributed by atoms with E-state index in [1.807, 2.05) is 18.2 Å². The van der Waals surface area contributed by atoms with Crippen molar-refractivity contribution < 1.29 is 8.81 Å². The molecule has 1 aliphatic heterocycles. The highest BCUT2D eigenvalue weighted by Gasteiger charge is 2.22. The van der Waals surface area contributed by atoms with Gasteiger partial charge in [-0.2, -0.15) is 5.26 Å². The maximum absolute atomic E-state index is 14.2. The van der Waals surface area contributed by atoms with Crippen LogP contribution in [0.4, 0.5) is 10.1 Å². The molecule has 0 N–H and O–H groups in total. The molecule has 1 saturated heterocycles. The van der Waals surface area contributed by atoms with E-state index in [0.29, 0.717) is 22.4 Å². The Morgan fingerprint density at radius 1 is 1.19 bits per heavy atom. The first-order chi connectivity index (χ1) is 15.5. The third kappa shape index (κ3) is 3.78. The van der Waals surface area contributed by atoms with E-state index < -0.39 is 5.76 Å². The number of rotatable bonds is 5. The zero-order valence-corrected chi connectivity index (χ0v) is 18.6. The lowest BCUT2D eigenvalue weighted by molar-refractivity contribution is 0.255. The number of benzene rings is 2. The van der Waals surface area contributed by atoms with Crippen LogP contribution in [-0.4, -0.2) is 42.2 Å². The lowest BCUT2D eigenvalue weighted by Gasteiger charge is -2.36. The number of fused-ring (bicyclic) bond motifs is 2. The predicted molar refractivity (Wildman–Crippen MR) is 125 cm³/mol. The van der Waals surface area contributed by atoms with Crippen LogP contribution in [0, 0.1) is 17.1 Å². The van der Waals surface area contributed by atoms with E-state index >= 15 is 0 Å². The fourth-order valence-electron chi connectivity index (χ4n) is 4.46. The van der Waals surface area contributed by atoms with Crippen LogP contribution >= 0.6 is 11.3 Å². The van der Waals surface area contributed by atoms with E-state index in [1.165, 1.54) is 32.3 Å². The second-order valence-electron chi connectivity index (χ2n) is 8.22. The summed E-state index contributed by atoms with van der Waals surface area (Å²) in [4.78, 5) is 16.4. The van der Waals surface area contributed by atoms with Gasteiger partial charge in [-0.25, -0.2) is 9.18 Å². The number of oxazole rings is 1. The molecule has 2 aromatic heterocycles. The summed E-state index contributed by atoms with van der Waals surface area (Å²) >= 11 is 1.73. The van der Waals surface area contributed by atoms with Crippen LogP contribution in [0.15, 0.2) is 44.9 Å². The van der Waals surface area contributed by atoms with Crippen molar-refractivity contribution in [2.24, 2.45) is 7.05 Å². The number of hydrogen-bond donors (Lipinski definition) is 0. The summed E-state index contributed by atoms with van der Waals surface area (Å²) in [6, 6.07) is 10.9. The van der Waals surface area contributed by atoms with Crippen molar-refractivity contribution in [1.82, 2.24) is 9.47 Å². The minimum Gasteiger partial charge on any atom is -0.405 e. The number of aromatic nitrogens is 1. The first kappa shape index (κ1) is 20.7. The van der Waals surface area contributed by atoms with Gasteiger partial charge in [0.1, 0.15) is 5.82 Å². The monoisotopic (exact) mass is 450 g/mol. The largest absolute Gasteiger partial charge is 0.419 e. The van der Waals surface area contributed by atoms with Crippen molar-refractivity contribution >= 4 is 38.2 Å². The molecule has 0 unspecified atom stereocenters. The van der Waals surface area contributed by atoms with Gasteiger partial charge in [-0.1, -0.05) is 0 Å². The summed E-state index contributed by atoms with van der Waals surface area (Å²) in [6.07, 6.45) is 2.02. The summed E-state index contributed by atoms with van der Waals surface area (Å²) in [6.45, 7) is 4.24. The minimum absolute atomic E-state index is 0.367. The van der Waals surface area contributed by atoms with Crippen molar-refractivity contribution in [3.63, 3.8) is 0 Å². The number of nitriles is 1. The standard InChI is InChI=1S/C24H23FN4O2S/c1-27-20-12-18(25)13-21(23(20)31-24(27)30)29-9-7-28(8-10-29)6-2-3-17-15-32-22-5-4-16(14-26)11-19(17)22/h4-5,11-13,15H,2-3,6-10H2,1H3. The molecule has 3 heterocycles. The van der Waals surface area contributed by atoms with E-state index in [9.17, 15) is 9.18 Å². The second-order valence-corrected chi connectivity index (χ2v) is 9.13. The highest BCUT2D eigenvalue weighted by atomic mass is 32.1. The Balaban J connectivity index is 1.21. The van der Waals surface area contributed by atoms with Crippen LogP contribution < -0.4 is 10.7 Å². The molecule has 0 amide bonds. The molecule has 0 bridgehead atoms. The summed E-state index contributed by atoms with van der Waals surface area (Å²) in [5.74, 6) is -0.845. The molecule has 5 rings (SSSR count). The quantitative estimate of drug-likeness (QED) is 0.458. The van der Waals surface area contributed by atoms with E-state index in [1.54, 1.807) is 18.4 Å². The van der Waals surface area contributed by atoms with Gasteiger partial charge in [0, 0.05) is 50.1 Å². The van der Waals surface area contributed by atoms with E-state index in [-0.39, 0.29) is 5.82 Å². The molecule has 1 fully saturated rings. The van der Waals surface area contributed by atoms with Crippen molar-refractivity contribution in [2.45, 2.75) is 12.8 Å². The van der Waals surface area contributed by atoms with Crippen LogP contribution in [0.1, 0.15) is 17.5 Å². The van der Waals surface area contributed by atoms with Crippen molar-refractivity contribution in [1.29, 1.82) is 5.26 Å². The molecule has 6 nitrogen and oxygen atoms in total. The fraction of sp³-hybridized carbons (Fsp3) is 0.333. The van der Waals surface area contributed by atoms with Gasteiger partial charge in [-0.15, -0.1) is 11.3 Å². The Labute approximate surface area is 188 Å². The van der Waals surface area contributed by atoms with Crippen LogP contribution in [-0.2, 0) is 13.5 Å². The number of nitrogens with zero attached hydrogens (tertiary/aromatic N) is 4. The number of piperazine rings is 1. The molecule has 8 heteroatoms. The fourth-order valence-corrected chi connectivity index (χ4v) is 5.44. The highest BCUT2D eigenvalue weighted by Crippen LogP contribution is 2.29. The molecule has 0 saturated carbocycles. The van der Waals surface area contributed by atoms with Gasteiger partial charge in [0.25, 0.3) is 0 Å². The van der Waals surface area contributed by atoms with E-state index in [4.69, 9.17) is 9.68 Å². The molecule has 2 aromatic carbocycles. The number of hydrogen-bond acceptors (Lipinski definition) is 6. The summed E-state index contributed by atoms with van der Waals surface area (Å²) in [7, 11) is 1.59. The molecule has 4 aromatic rings. The molecule has 0 aliphatic carbocycles. The van der Waals surface area contributed by atoms with Crippen molar-refractivity contribution in [3.05, 3.63) is 63.2 Å². The SMILES string of the molecule is Cn1c(=O)oc2c(N3CCN(CCCc4csc5ccc(C#N)cc45)CC3)cc(F)cc21. The van der Waals surface area contributed by atoms with Gasteiger partial charge < -0.3 is 9.32 Å². The Morgan fingerprint density at radius 2 is 2.00 bits per heavy atom. The summed E-state index contributed by atoms with van der Waals surface area (Å²) in [5.41, 5.74) is 3.59. The van der Waals surface area contributed by atoms with Crippen LogP contribution in [0.25, 0.3) is 21.2 Å². The Morgan fingerprint density at radius 3 is 2.78 bits per heavy atom. The lowest BCUT2D eigenvalue weighted by atomic mass is 10.1. The smallest absolute Gasteiger partial charge is 0.405 e. The number of anilines is 1. The first-order valence-corrected chi connectivity index (χ1v) is 11.6. The molecule has 0 radical (unpaired) electrons. The maximum Gasteiger partial charge on any atom is 0.419 e. The molecular weight excluding hydrogens is 427 g/mol. The molecule has 1 aliphatic rings. The minimum atomic E-state index is -0.478. The summed E-state index contributed by atoms with van der Waals surface area (Å²) < 4.78 is 22.1. The van der Waals surface area contributed by atoms with Gasteiger partial charge in [-0.05, 0) is 53.9 Å². The Kier molecular flexibility index (Phi) is 5.45. The van der Waals surface area contributed by atoms with E-state index in [0.717, 1.165) is 45.6 Å². The first-order valence-electron chi connectivity index (χ1n) is 10.7. The summed E-state index contributed by atoms with van der Waals surface area (Å²) in [5, 5.41) is 12.6. The van der Waals surface area contributed by atoms with Gasteiger partial charge >= 0.3 is 5.76 Å². The normalized spacial score (nSPS) is 15.0. The molecular formula is C24H23FN4O2S. The molecule has 0 spiro atoms. The molecule has 164 valence electrons. The third-order valence-electron chi connectivity index (χ3n) is 6.26. The maximum atomic E-state index is 14.2. The number of thiophene rings is 1. The van der Waals surface area contributed by atoms with E-state index in [2.05, 4.69) is 21.2 Å². The number of halogens is 1. The topological polar surface area (TPSA) is 65.4 Å². The zero-order valence-electron chi connectivity index (χ0n) is 17.8. The zero-order chi connectivity index (χ0) is 22.2. The second kappa shape index (κ2) is 8.41. The Bertz CT molecular complexity index is 1390. The Hall–Kier alpha value is -3.15. The van der Waals surface area contributed by atoms with Crippen molar-refractivity contribution in [3.8, 4) is 6.07 Å². The predicted octanol–water partition coefficient (Wildman–Crippen LogP) is 4.11. The average molecular weight is 451 g/mol. The third-order valence-corrected chi connectivity index (χ3v) is 7.27. The van der Waals surface area contributed by atoms with Crippen LogP contribution in [0.5, 0.6) is 0 Å².